The Labute approximate surface area is 201 Å². The molecule has 0 bridgehead atoms. The lowest BCUT2D eigenvalue weighted by Crippen LogP contribution is -2.41. The summed E-state index contributed by atoms with van der Waals surface area (Å²) in [4.78, 5) is 4.82. The van der Waals surface area contributed by atoms with Gasteiger partial charge in [0.2, 0.25) is 0 Å². The van der Waals surface area contributed by atoms with Crippen molar-refractivity contribution in [1.29, 1.82) is 0 Å². The Balaban J connectivity index is 0.00000320. The van der Waals surface area contributed by atoms with E-state index in [-0.39, 0.29) is 29.4 Å². The van der Waals surface area contributed by atoms with Crippen molar-refractivity contribution >= 4 is 41.5 Å². The van der Waals surface area contributed by atoms with E-state index >= 15 is 0 Å². The molecule has 1 saturated carbocycles. The van der Waals surface area contributed by atoms with Gasteiger partial charge in [-0.25, -0.2) is 4.99 Å². The van der Waals surface area contributed by atoms with E-state index in [0.29, 0.717) is 13.2 Å². The van der Waals surface area contributed by atoms with Crippen LogP contribution in [0.4, 0.5) is 0 Å². The van der Waals surface area contributed by atoms with Crippen LogP contribution < -0.4 is 10.6 Å². The molecule has 1 heterocycles. The first kappa shape index (κ1) is 24.9. The monoisotopic (exact) mass is 545 g/mol. The summed E-state index contributed by atoms with van der Waals surface area (Å²) in [6, 6.07) is 8.22. The van der Waals surface area contributed by atoms with E-state index in [4.69, 9.17) is 21.3 Å². The van der Waals surface area contributed by atoms with Gasteiger partial charge < -0.3 is 15.4 Å². The van der Waals surface area contributed by atoms with Gasteiger partial charge >= 0.3 is 0 Å². The highest BCUT2D eigenvalue weighted by Gasteiger charge is 2.44. The molecule has 0 spiro atoms. The van der Waals surface area contributed by atoms with Crippen molar-refractivity contribution in [3.05, 3.63) is 51.8 Å². The molecule has 30 heavy (non-hydrogen) atoms. The number of hydrogen-bond acceptors (Lipinski definition) is 3. The van der Waals surface area contributed by atoms with E-state index in [9.17, 15) is 0 Å². The van der Waals surface area contributed by atoms with Gasteiger partial charge in [-0.3, -0.25) is 4.68 Å². The number of rotatable bonds is 9. The number of hydrogen-bond donors (Lipinski definition) is 2. The Morgan fingerprint density at radius 2 is 2.07 bits per heavy atom. The maximum Gasteiger partial charge on any atom is 0.191 e. The molecule has 2 N–H and O–H groups in total. The lowest BCUT2D eigenvalue weighted by Gasteiger charge is -2.19. The van der Waals surface area contributed by atoms with Gasteiger partial charge in [0.1, 0.15) is 0 Å². The van der Waals surface area contributed by atoms with Crippen LogP contribution in [-0.4, -0.2) is 42.5 Å². The summed E-state index contributed by atoms with van der Waals surface area (Å²) in [5.74, 6) is 0.837. The molecule has 8 heteroatoms. The van der Waals surface area contributed by atoms with Gasteiger partial charge in [0.25, 0.3) is 0 Å². The molecule has 1 aromatic carbocycles. The summed E-state index contributed by atoms with van der Waals surface area (Å²) < 4.78 is 7.18. The van der Waals surface area contributed by atoms with E-state index in [1.165, 1.54) is 24.0 Å². The molecule has 0 amide bonds. The van der Waals surface area contributed by atoms with Crippen LogP contribution in [0.1, 0.15) is 42.3 Å². The number of aryl methyl sites for hydroxylation is 1. The standard InChI is InChI=1S/C22H32ClN5O.HI/c1-5-24-21(25-14-20-16(2)27-28(17(20)3)11-12-29-4)26-15-22(9-10-22)18-7-6-8-19(23)13-18;/h6-8,13H,5,9-12,14-15H2,1-4H3,(H2,24,25,26);1H. The van der Waals surface area contributed by atoms with Gasteiger partial charge in [-0.15, -0.1) is 24.0 Å². The second kappa shape index (κ2) is 11.3. The quantitative estimate of drug-likeness (QED) is 0.282. The van der Waals surface area contributed by atoms with E-state index in [2.05, 4.69) is 41.7 Å². The molecule has 2 aromatic rings. The highest BCUT2D eigenvalue weighted by Crippen LogP contribution is 2.48. The molecule has 0 radical (unpaired) electrons. The number of aromatic nitrogens is 2. The molecule has 0 unspecified atom stereocenters. The molecule has 1 aliphatic rings. The average molecular weight is 546 g/mol. The molecular weight excluding hydrogens is 513 g/mol. The van der Waals surface area contributed by atoms with E-state index in [0.717, 1.165) is 42.0 Å². The smallest absolute Gasteiger partial charge is 0.191 e. The Morgan fingerprint density at radius 1 is 1.30 bits per heavy atom. The topological polar surface area (TPSA) is 63.5 Å². The number of halogens is 2. The zero-order valence-electron chi connectivity index (χ0n) is 18.3. The Bertz CT molecular complexity index is 863. The molecule has 1 fully saturated rings. The molecular formula is C22H33ClIN5O. The van der Waals surface area contributed by atoms with Crippen molar-refractivity contribution in [1.82, 2.24) is 20.4 Å². The fourth-order valence-electron chi connectivity index (χ4n) is 3.65. The molecule has 166 valence electrons. The Kier molecular flexibility index (Phi) is 9.43. The third kappa shape index (κ3) is 6.11. The van der Waals surface area contributed by atoms with Gasteiger partial charge in [0.05, 0.1) is 25.4 Å². The zero-order chi connectivity index (χ0) is 20.9. The number of nitrogens with zero attached hydrogens (tertiary/aromatic N) is 3. The minimum Gasteiger partial charge on any atom is -0.383 e. The first-order chi connectivity index (χ1) is 14.0. The van der Waals surface area contributed by atoms with Crippen molar-refractivity contribution in [3.63, 3.8) is 0 Å². The minimum absolute atomic E-state index is 0. The average Bonchev–Trinajstić information content (AvgIpc) is 3.45. The van der Waals surface area contributed by atoms with Crippen LogP contribution in [-0.2, 0) is 23.2 Å². The van der Waals surface area contributed by atoms with Crippen LogP contribution in [0.15, 0.2) is 29.3 Å². The van der Waals surface area contributed by atoms with Crippen LogP contribution in [0.25, 0.3) is 0 Å². The second-order valence-electron chi connectivity index (χ2n) is 7.70. The molecule has 1 aliphatic carbocycles. The van der Waals surface area contributed by atoms with E-state index in [1.54, 1.807) is 7.11 Å². The summed E-state index contributed by atoms with van der Waals surface area (Å²) in [6.45, 7) is 9.91. The maximum atomic E-state index is 6.20. The summed E-state index contributed by atoms with van der Waals surface area (Å²) in [5, 5.41) is 12.3. The van der Waals surface area contributed by atoms with Crippen LogP contribution in [0.3, 0.4) is 0 Å². The molecule has 3 rings (SSSR count). The van der Waals surface area contributed by atoms with E-state index < -0.39 is 0 Å². The largest absolute Gasteiger partial charge is 0.383 e. The fourth-order valence-corrected chi connectivity index (χ4v) is 3.84. The molecule has 0 atom stereocenters. The van der Waals surface area contributed by atoms with Crippen molar-refractivity contribution in [2.24, 2.45) is 4.99 Å². The number of ether oxygens (including phenoxy) is 1. The normalized spacial score (nSPS) is 14.9. The van der Waals surface area contributed by atoms with Crippen LogP contribution >= 0.6 is 35.6 Å². The lowest BCUT2D eigenvalue weighted by atomic mass is 9.96. The third-order valence-electron chi connectivity index (χ3n) is 5.66. The minimum atomic E-state index is 0. The third-order valence-corrected chi connectivity index (χ3v) is 5.90. The van der Waals surface area contributed by atoms with Crippen LogP contribution in [0.2, 0.25) is 5.02 Å². The van der Waals surface area contributed by atoms with Gasteiger partial charge in [-0.05, 0) is 51.3 Å². The van der Waals surface area contributed by atoms with Gasteiger partial charge in [-0.1, -0.05) is 23.7 Å². The highest BCUT2D eigenvalue weighted by atomic mass is 127. The molecule has 6 nitrogen and oxygen atoms in total. The number of methoxy groups -OCH3 is 1. The van der Waals surface area contributed by atoms with Gasteiger partial charge in [-0.2, -0.15) is 5.10 Å². The number of guanidine groups is 1. The van der Waals surface area contributed by atoms with E-state index in [1.807, 2.05) is 23.7 Å². The number of aliphatic imine (C=N–C) groups is 1. The molecule has 0 aliphatic heterocycles. The number of nitrogens with one attached hydrogen (secondary N) is 2. The summed E-state index contributed by atoms with van der Waals surface area (Å²) in [6.07, 6.45) is 2.34. The first-order valence-corrected chi connectivity index (χ1v) is 10.7. The SMILES string of the molecule is CCNC(=NCc1c(C)nn(CCOC)c1C)NCC1(c2cccc(Cl)c2)CC1.I. The zero-order valence-corrected chi connectivity index (χ0v) is 21.4. The Morgan fingerprint density at radius 3 is 2.70 bits per heavy atom. The molecule has 0 saturated heterocycles. The van der Waals surface area contributed by atoms with Crippen molar-refractivity contribution in [2.75, 3.05) is 26.8 Å². The van der Waals surface area contributed by atoms with Gasteiger partial charge in [0.15, 0.2) is 5.96 Å². The summed E-state index contributed by atoms with van der Waals surface area (Å²) in [7, 11) is 1.71. The highest BCUT2D eigenvalue weighted by molar-refractivity contribution is 14.0. The lowest BCUT2D eigenvalue weighted by molar-refractivity contribution is 0.182. The predicted octanol–water partition coefficient (Wildman–Crippen LogP) is 4.20. The predicted molar refractivity (Wildman–Crippen MR) is 134 cm³/mol. The van der Waals surface area contributed by atoms with Crippen molar-refractivity contribution in [2.45, 2.75) is 52.1 Å². The van der Waals surface area contributed by atoms with Crippen LogP contribution in [0.5, 0.6) is 0 Å². The number of benzene rings is 1. The van der Waals surface area contributed by atoms with Crippen LogP contribution in [0, 0.1) is 13.8 Å². The summed E-state index contributed by atoms with van der Waals surface area (Å²) in [5.41, 5.74) is 4.82. The van der Waals surface area contributed by atoms with Gasteiger partial charge in [0, 0.05) is 41.9 Å². The summed E-state index contributed by atoms with van der Waals surface area (Å²) >= 11 is 6.20. The fraction of sp³-hybridized carbons (Fsp3) is 0.545. The van der Waals surface area contributed by atoms with Crippen molar-refractivity contribution < 1.29 is 4.74 Å². The second-order valence-corrected chi connectivity index (χ2v) is 8.14. The first-order valence-electron chi connectivity index (χ1n) is 10.3. The van der Waals surface area contributed by atoms with Crippen molar-refractivity contribution in [3.8, 4) is 0 Å². The molecule has 1 aromatic heterocycles. The maximum absolute atomic E-state index is 6.20. The Hall–Kier alpha value is -1.32.